The highest BCUT2D eigenvalue weighted by Crippen LogP contribution is 2.19. The van der Waals surface area contributed by atoms with E-state index in [1.54, 1.807) is 0 Å². The molecule has 3 N–H and O–H groups in total. The van der Waals surface area contributed by atoms with Crippen LogP contribution in [0.2, 0.25) is 0 Å². The van der Waals surface area contributed by atoms with Gasteiger partial charge < -0.3 is 20.6 Å². The van der Waals surface area contributed by atoms with Gasteiger partial charge in [0.15, 0.2) is 0 Å². The van der Waals surface area contributed by atoms with Crippen LogP contribution in [0.3, 0.4) is 0 Å². The number of aliphatic hydroxyl groups excluding tert-OH is 1. The van der Waals surface area contributed by atoms with E-state index in [1.807, 2.05) is 11.8 Å². The number of piperidine rings is 1. The van der Waals surface area contributed by atoms with Crippen molar-refractivity contribution < 1.29 is 5.11 Å². The molecule has 0 bridgehead atoms. The number of hydrogen-bond acceptors (Lipinski definition) is 7. The summed E-state index contributed by atoms with van der Waals surface area (Å²) in [6.07, 6.45) is 3.58. The molecule has 1 fully saturated rings. The Kier molecular flexibility index (Phi) is 4.73. The van der Waals surface area contributed by atoms with Crippen LogP contribution in [-0.4, -0.2) is 52.8 Å². The maximum absolute atomic E-state index is 9.06. The van der Waals surface area contributed by atoms with Gasteiger partial charge in [-0.2, -0.15) is 15.0 Å². The molecule has 0 radical (unpaired) electrons. The van der Waals surface area contributed by atoms with E-state index in [4.69, 9.17) is 10.8 Å². The second-order valence-corrected chi connectivity index (χ2v) is 4.64. The van der Waals surface area contributed by atoms with Crippen LogP contribution in [0, 0.1) is 0 Å². The molecule has 2 heterocycles. The smallest absolute Gasteiger partial charge is 0.232 e. The molecule has 0 spiro atoms. The second-order valence-electron chi connectivity index (χ2n) is 4.64. The minimum atomic E-state index is 0.0679. The van der Waals surface area contributed by atoms with Crippen LogP contribution in [0.5, 0.6) is 0 Å². The molecule has 0 unspecified atom stereocenters. The first kappa shape index (κ1) is 13.8. The van der Waals surface area contributed by atoms with E-state index in [-0.39, 0.29) is 12.6 Å². The molecule has 19 heavy (non-hydrogen) atoms. The van der Waals surface area contributed by atoms with Crippen LogP contribution in [0.15, 0.2) is 0 Å². The van der Waals surface area contributed by atoms with Crippen molar-refractivity contribution in [1.82, 2.24) is 15.0 Å². The van der Waals surface area contributed by atoms with E-state index in [2.05, 4.69) is 19.9 Å². The average Bonchev–Trinajstić information content (AvgIpc) is 2.45. The van der Waals surface area contributed by atoms with Crippen LogP contribution < -0.4 is 15.5 Å². The molecule has 0 atom stereocenters. The summed E-state index contributed by atoms with van der Waals surface area (Å²) in [5.74, 6) is 1.44. The summed E-state index contributed by atoms with van der Waals surface area (Å²) in [7, 11) is 0. The normalized spacial score (nSPS) is 15.6. The highest BCUT2D eigenvalue weighted by molar-refractivity contribution is 5.43. The Labute approximate surface area is 113 Å². The molecule has 1 aromatic heterocycles. The van der Waals surface area contributed by atoms with Crippen molar-refractivity contribution in [2.24, 2.45) is 0 Å². The van der Waals surface area contributed by atoms with Gasteiger partial charge in [-0.1, -0.05) is 0 Å². The standard InChI is InChI=1S/C12H22N6O/c1-2-17(8-9-19)11-14-10(13)15-12(16-11)18-6-4-3-5-7-18/h19H,2-9H2,1H3,(H2,13,14,15,16). The fourth-order valence-electron chi connectivity index (χ4n) is 2.27. The first-order chi connectivity index (χ1) is 9.24. The monoisotopic (exact) mass is 266 g/mol. The lowest BCUT2D eigenvalue weighted by molar-refractivity contribution is 0.301. The van der Waals surface area contributed by atoms with Crippen LogP contribution >= 0.6 is 0 Å². The number of nitrogens with two attached hydrogens (primary N) is 1. The Bertz CT molecular complexity index is 384. The number of aromatic nitrogens is 3. The maximum atomic E-state index is 9.06. The second kappa shape index (κ2) is 6.51. The lowest BCUT2D eigenvalue weighted by Crippen LogP contribution is -2.33. The summed E-state index contributed by atoms with van der Waals surface area (Å²) in [5.41, 5.74) is 5.78. The molecule has 1 aromatic rings. The van der Waals surface area contributed by atoms with E-state index in [0.717, 1.165) is 32.5 Å². The van der Waals surface area contributed by atoms with E-state index in [9.17, 15) is 0 Å². The number of anilines is 3. The quantitative estimate of drug-likeness (QED) is 0.790. The molecule has 7 heteroatoms. The van der Waals surface area contributed by atoms with Crippen LogP contribution in [-0.2, 0) is 0 Å². The predicted molar refractivity (Wildman–Crippen MR) is 75.3 cm³/mol. The summed E-state index contributed by atoms with van der Waals surface area (Å²) in [6, 6.07) is 0. The van der Waals surface area contributed by atoms with Crippen molar-refractivity contribution in [3.63, 3.8) is 0 Å². The number of rotatable bonds is 5. The minimum Gasteiger partial charge on any atom is -0.395 e. The maximum Gasteiger partial charge on any atom is 0.232 e. The van der Waals surface area contributed by atoms with Crippen molar-refractivity contribution in [1.29, 1.82) is 0 Å². The van der Waals surface area contributed by atoms with E-state index in [0.29, 0.717) is 18.4 Å². The molecule has 1 aliphatic heterocycles. The van der Waals surface area contributed by atoms with Crippen molar-refractivity contribution >= 4 is 17.8 Å². The molecule has 0 amide bonds. The van der Waals surface area contributed by atoms with Crippen molar-refractivity contribution in [2.75, 3.05) is 48.3 Å². The van der Waals surface area contributed by atoms with Gasteiger partial charge in [-0.25, -0.2) is 0 Å². The van der Waals surface area contributed by atoms with Crippen LogP contribution in [0.25, 0.3) is 0 Å². The fraction of sp³-hybridized carbons (Fsp3) is 0.750. The molecular weight excluding hydrogens is 244 g/mol. The third-order valence-corrected chi connectivity index (χ3v) is 3.30. The van der Waals surface area contributed by atoms with Gasteiger partial charge in [-0.05, 0) is 26.2 Å². The zero-order valence-electron chi connectivity index (χ0n) is 11.4. The first-order valence-corrected chi connectivity index (χ1v) is 6.87. The van der Waals surface area contributed by atoms with Gasteiger partial charge >= 0.3 is 0 Å². The molecule has 0 aliphatic carbocycles. The number of nitrogen functional groups attached to an aromatic ring is 1. The van der Waals surface area contributed by atoms with Crippen LogP contribution in [0.1, 0.15) is 26.2 Å². The Hall–Kier alpha value is -1.63. The minimum absolute atomic E-state index is 0.0679. The highest BCUT2D eigenvalue weighted by Gasteiger charge is 2.17. The van der Waals surface area contributed by atoms with Crippen molar-refractivity contribution in [3.05, 3.63) is 0 Å². The largest absolute Gasteiger partial charge is 0.395 e. The van der Waals surface area contributed by atoms with Crippen molar-refractivity contribution in [2.45, 2.75) is 26.2 Å². The Morgan fingerprint density at radius 3 is 2.58 bits per heavy atom. The number of likely N-dealkylation sites (N-methyl/N-ethyl adjacent to an activating group) is 1. The Morgan fingerprint density at radius 1 is 1.21 bits per heavy atom. The van der Waals surface area contributed by atoms with Gasteiger partial charge in [0.25, 0.3) is 0 Å². The third-order valence-electron chi connectivity index (χ3n) is 3.30. The fourth-order valence-corrected chi connectivity index (χ4v) is 2.27. The summed E-state index contributed by atoms with van der Waals surface area (Å²) in [5, 5.41) is 9.06. The van der Waals surface area contributed by atoms with Gasteiger partial charge in [-0.3, -0.25) is 0 Å². The van der Waals surface area contributed by atoms with Gasteiger partial charge in [-0.15, -0.1) is 0 Å². The van der Waals surface area contributed by atoms with Crippen molar-refractivity contribution in [3.8, 4) is 0 Å². The van der Waals surface area contributed by atoms with Gasteiger partial charge in [0.2, 0.25) is 17.8 Å². The summed E-state index contributed by atoms with van der Waals surface area (Å²) in [4.78, 5) is 16.9. The lowest BCUT2D eigenvalue weighted by atomic mass is 10.1. The number of aliphatic hydroxyl groups is 1. The SMILES string of the molecule is CCN(CCO)c1nc(N)nc(N2CCCCC2)n1. The van der Waals surface area contributed by atoms with E-state index >= 15 is 0 Å². The van der Waals surface area contributed by atoms with Crippen LogP contribution in [0.4, 0.5) is 17.8 Å². The summed E-state index contributed by atoms with van der Waals surface area (Å²) < 4.78 is 0. The van der Waals surface area contributed by atoms with Gasteiger partial charge in [0.05, 0.1) is 6.61 Å². The number of hydrogen-bond donors (Lipinski definition) is 2. The predicted octanol–water partition coefficient (Wildman–Crippen LogP) is 0.263. The number of nitrogens with zero attached hydrogens (tertiary/aromatic N) is 5. The Morgan fingerprint density at radius 2 is 1.95 bits per heavy atom. The molecule has 1 saturated heterocycles. The summed E-state index contributed by atoms with van der Waals surface area (Å²) in [6.45, 7) is 5.22. The molecule has 106 valence electrons. The molecule has 7 nitrogen and oxygen atoms in total. The summed E-state index contributed by atoms with van der Waals surface area (Å²) >= 11 is 0. The molecular formula is C12H22N6O. The molecule has 0 saturated carbocycles. The molecule has 0 aromatic carbocycles. The Balaban J connectivity index is 2.22. The van der Waals surface area contributed by atoms with E-state index in [1.165, 1.54) is 6.42 Å². The molecule has 1 aliphatic rings. The first-order valence-electron chi connectivity index (χ1n) is 6.87. The van der Waals surface area contributed by atoms with Gasteiger partial charge in [0, 0.05) is 26.2 Å². The topological polar surface area (TPSA) is 91.4 Å². The third kappa shape index (κ3) is 3.44. The van der Waals surface area contributed by atoms with Gasteiger partial charge in [0.1, 0.15) is 0 Å². The van der Waals surface area contributed by atoms with E-state index < -0.39 is 0 Å². The zero-order valence-corrected chi connectivity index (χ0v) is 11.4. The molecule has 2 rings (SSSR count). The highest BCUT2D eigenvalue weighted by atomic mass is 16.3. The lowest BCUT2D eigenvalue weighted by Gasteiger charge is -2.28. The zero-order chi connectivity index (χ0) is 13.7. The average molecular weight is 266 g/mol.